The Morgan fingerprint density at radius 2 is 2.19 bits per heavy atom. The lowest BCUT2D eigenvalue weighted by Gasteiger charge is -2.12. The summed E-state index contributed by atoms with van der Waals surface area (Å²) >= 11 is 0. The number of carboxylic acid groups (broad SMARTS) is 1. The van der Waals surface area contributed by atoms with Gasteiger partial charge in [0.2, 0.25) is 0 Å². The average molecular weight is 248 g/mol. The van der Waals surface area contributed by atoms with E-state index in [1.165, 1.54) is 6.08 Å². The van der Waals surface area contributed by atoms with Gasteiger partial charge in [-0.3, -0.25) is 4.79 Å². The van der Waals surface area contributed by atoms with Crippen LogP contribution in [0, 0.1) is 5.92 Å². The summed E-state index contributed by atoms with van der Waals surface area (Å²) in [5.41, 5.74) is 0. The Morgan fingerprint density at radius 3 is 2.69 bits per heavy atom. The van der Waals surface area contributed by atoms with Crippen LogP contribution in [0.4, 0.5) is 0 Å². The third-order valence-corrected chi connectivity index (χ3v) is 3.45. The molecule has 0 aromatic carbocycles. The van der Waals surface area contributed by atoms with Gasteiger partial charge in [-0.05, 0) is 12.8 Å². The minimum Gasteiger partial charge on any atom is -0.481 e. The van der Waals surface area contributed by atoms with Gasteiger partial charge in [-0.1, -0.05) is 19.1 Å². The third kappa shape index (κ3) is 3.92. The molecule has 6 nitrogen and oxygen atoms in total. The fourth-order valence-corrected chi connectivity index (χ4v) is 2.58. The standard InChI is InChI=1S/C9H16N2O4S/c1-2-5-10-16(14,15)11-8-4-3-7(6-8)9(12)13/h3-4,7-8,10-11H,2,5-6H2,1H3,(H,12,13). The van der Waals surface area contributed by atoms with Crippen molar-refractivity contribution in [2.45, 2.75) is 25.8 Å². The van der Waals surface area contributed by atoms with Gasteiger partial charge >= 0.3 is 5.97 Å². The molecule has 1 aliphatic rings. The lowest BCUT2D eigenvalue weighted by atomic mass is 10.1. The van der Waals surface area contributed by atoms with E-state index in [4.69, 9.17) is 5.11 Å². The van der Waals surface area contributed by atoms with E-state index in [0.717, 1.165) is 0 Å². The van der Waals surface area contributed by atoms with Gasteiger partial charge in [0.05, 0.1) is 5.92 Å². The molecule has 0 aliphatic heterocycles. The predicted molar refractivity (Wildman–Crippen MR) is 59.0 cm³/mol. The quantitative estimate of drug-likeness (QED) is 0.570. The molecule has 1 rings (SSSR count). The Hall–Kier alpha value is -0.920. The van der Waals surface area contributed by atoms with Crippen LogP contribution in [0.1, 0.15) is 19.8 Å². The molecule has 0 aromatic rings. The zero-order chi connectivity index (χ0) is 12.2. The van der Waals surface area contributed by atoms with Gasteiger partial charge in [0.15, 0.2) is 0 Å². The Labute approximate surface area is 94.9 Å². The highest BCUT2D eigenvalue weighted by Crippen LogP contribution is 2.18. The van der Waals surface area contributed by atoms with Crippen LogP contribution in [0.3, 0.4) is 0 Å². The molecule has 2 atom stereocenters. The largest absolute Gasteiger partial charge is 0.481 e. The van der Waals surface area contributed by atoms with Crippen molar-refractivity contribution in [3.8, 4) is 0 Å². The second kappa shape index (κ2) is 5.42. The highest BCUT2D eigenvalue weighted by Gasteiger charge is 2.26. The molecular formula is C9H16N2O4S. The van der Waals surface area contributed by atoms with E-state index >= 15 is 0 Å². The smallest absolute Gasteiger partial charge is 0.310 e. The van der Waals surface area contributed by atoms with Crippen molar-refractivity contribution in [3.05, 3.63) is 12.2 Å². The van der Waals surface area contributed by atoms with Crippen molar-refractivity contribution in [2.75, 3.05) is 6.54 Å². The SMILES string of the molecule is CCCNS(=O)(=O)NC1C=CC(C(=O)O)C1. The molecule has 7 heteroatoms. The second-order valence-electron chi connectivity index (χ2n) is 3.69. The summed E-state index contributed by atoms with van der Waals surface area (Å²) in [6.45, 7) is 2.23. The fraction of sp³-hybridized carbons (Fsp3) is 0.667. The van der Waals surface area contributed by atoms with E-state index in [9.17, 15) is 13.2 Å². The molecule has 16 heavy (non-hydrogen) atoms. The van der Waals surface area contributed by atoms with Gasteiger partial charge in [-0.15, -0.1) is 0 Å². The van der Waals surface area contributed by atoms with Gasteiger partial charge in [-0.25, -0.2) is 4.72 Å². The normalized spacial score (nSPS) is 24.8. The topological polar surface area (TPSA) is 95.5 Å². The highest BCUT2D eigenvalue weighted by molar-refractivity contribution is 7.87. The van der Waals surface area contributed by atoms with Gasteiger partial charge in [0.25, 0.3) is 10.2 Å². The lowest BCUT2D eigenvalue weighted by Crippen LogP contribution is -2.42. The van der Waals surface area contributed by atoms with Crippen LogP contribution in [0.5, 0.6) is 0 Å². The van der Waals surface area contributed by atoms with Crippen molar-refractivity contribution in [1.82, 2.24) is 9.44 Å². The minimum atomic E-state index is -3.52. The summed E-state index contributed by atoms with van der Waals surface area (Å²) in [5.74, 6) is -1.53. The number of rotatable bonds is 6. The van der Waals surface area contributed by atoms with E-state index in [-0.39, 0.29) is 6.42 Å². The van der Waals surface area contributed by atoms with Crippen LogP contribution in [0.15, 0.2) is 12.2 Å². The molecular weight excluding hydrogens is 232 g/mol. The molecule has 0 bridgehead atoms. The average Bonchev–Trinajstić information content (AvgIpc) is 2.62. The van der Waals surface area contributed by atoms with Crippen molar-refractivity contribution in [3.63, 3.8) is 0 Å². The van der Waals surface area contributed by atoms with Crippen LogP contribution in [-0.4, -0.2) is 32.1 Å². The number of carbonyl (C=O) groups is 1. The molecule has 1 aliphatic carbocycles. The van der Waals surface area contributed by atoms with Crippen molar-refractivity contribution < 1.29 is 18.3 Å². The Morgan fingerprint density at radius 1 is 1.50 bits per heavy atom. The minimum absolute atomic E-state index is 0.266. The van der Waals surface area contributed by atoms with Crippen LogP contribution in [0.2, 0.25) is 0 Å². The zero-order valence-electron chi connectivity index (χ0n) is 9.01. The van der Waals surface area contributed by atoms with Crippen LogP contribution in [0.25, 0.3) is 0 Å². The van der Waals surface area contributed by atoms with E-state index in [2.05, 4.69) is 9.44 Å². The number of hydrogen-bond acceptors (Lipinski definition) is 3. The molecule has 3 N–H and O–H groups in total. The number of carboxylic acids is 1. The summed E-state index contributed by atoms with van der Waals surface area (Å²) in [6.07, 6.45) is 4.06. The maximum absolute atomic E-state index is 11.4. The maximum atomic E-state index is 11.4. The number of aliphatic carboxylic acids is 1. The van der Waals surface area contributed by atoms with E-state index in [1.54, 1.807) is 6.08 Å². The van der Waals surface area contributed by atoms with Crippen molar-refractivity contribution >= 4 is 16.2 Å². The van der Waals surface area contributed by atoms with Gasteiger partial charge < -0.3 is 5.11 Å². The molecule has 0 spiro atoms. The first-order valence-electron chi connectivity index (χ1n) is 5.12. The lowest BCUT2D eigenvalue weighted by molar-refractivity contribution is -0.140. The molecule has 0 radical (unpaired) electrons. The molecule has 92 valence electrons. The van der Waals surface area contributed by atoms with Crippen molar-refractivity contribution in [1.29, 1.82) is 0 Å². The predicted octanol–water partition coefficient (Wildman–Crippen LogP) is -0.150. The van der Waals surface area contributed by atoms with Gasteiger partial charge in [0.1, 0.15) is 0 Å². The third-order valence-electron chi connectivity index (χ3n) is 2.25. The molecule has 0 saturated carbocycles. The zero-order valence-corrected chi connectivity index (χ0v) is 9.83. The van der Waals surface area contributed by atoms with E-state index in [0.29, 0.717) is 13.0 Å². The first kappa shape index (κ1) is 13.1. The maximum Gasteiger partial charge on any atom is 0.310 e. The molecule has 0 amide bonds. The summed E-state index contributed by atoms with van der Waals surface area (Å²) in [5, 5.41) is 8.73. The highest BCUT2D eigenvalue weighted by atomic mass is 32.2. The Balaban J connectivity index is 2.46. The molecule has 0 fully saturated rings. The van der Waals surface area contributed by atoms with Crippen LogP contribution in [-0.2, 0) is 15.0 Å². The summed E-state index contributed by atoms with van der Waals surface area (Å²) in [6, 6.07) is -0.435. The first-order chi connectivity index (χ1) is 7.44. The van der Waals surface area contributed by atoms with Crippen molar-refractivity contribution in [2.24, 2.45) is 5.92 Å². The molecule has 0 saturated heterocycles. The summed E-state index contributed by atoms with van der Waals surface area (Å²) < 4.78 is 27.6. The van der Waals surface area contributed by atoms with E-state index in [1.807, 2.05) is 6.92 Å². The van der Waals surface area contributed by atoms with Gasteiger partial charge in [0, 0.05) is 12.6 Å². The Bertz CT molecular complexity index is 377. The number of nitrogens with one attached hydrogen (secondary N) is 2. The molecule has 0 heterocycles. The molecule has 0 aromatic heterocycles. The van der Waals surface area contributed by atoms with Crippen LogP contribution >= 0.6 is 0 Å². The second-order valence-corrected chi connectivity index (χ2v) is 5.22. The van der Waals surface area contributed by atoms with Crippen LogP contribution < -0.4 is 9.44 Å². The van der Waals surface area contributed by atoms with Gasteiger partial charge in [-0.2, -0.15) is 13.1 Å². The summed E-state index contributed by atoms with van der Waals surface area (Å²) in [4.78, 5) is 10.6. The monoisotopic (exact) mass is 248 g/mol. The summed E-state index contributed by atoms with van der Waals surface area (Å²) in [7, 11) is -3.52. The number of hydrogen-bond donors (Lipinski definition) is 3. The molecule has 2 unspecified atom stereocenters. The first-order valence-corrected chi connectivity index (χ1v) is 6.61. The van der Waals surface area contributed by atoms with E-state index < -0.39 is 28.1 Å². The Kier molecular flexibility index (Phi) is 4.45. The fourth-order valence-electron chi connectivity index (χ4n) is 1.45.